The number of allylic oxidation sites excluding steroid dienone is 1. The van der Waals surface area contributed by atoms with E-state index in [0.717, 1.165) is 17.1 Å². The lowest BCUT2D eigenvalue weighted by molar-refractivity contribution is 1.04. The first-order valence-electron chi connectivity index (χ1n) is 7.61. The van der Waals surface area contributed by atoms with Gasteiger partial charge in [0.2, 0.25) is 11.9 Å². The van der Waals surface area contributed by atoms with Gasteiger partial charge in [-0.2, -0.15) is 25.2 Å². The number of aromatic nitrogens is 3. The third-order valence-electron chi connectivity index (χ3n) is 3.20. The van der Waals surface area contributed by atoms with Crippen LogP contribution in [0.15, 0.2) is 71.4 Å². The lowest BCUT2D eigenvalue weighted by atomic mass is 10.3. The van der Waals surface area contributed by atoms with Crippen LogP contribution in [-0.4, -0.2) is 15.0 Å². The van der Waals surface area contributed by atoms with Crippen LogP contribution < -0.4 is 11.1 Å². The van der Waals surface area contributed by atoms with Crippen LogP contribution in [0.2, 0.25) is 0 Å². The van der Waals surface area contributed by atoms with Gasteiger partial charge in [-0.1, -0.05) is 24.8 Å². The van der Waals surface area contributed by atoms with Gasteiger partial charge in [0.25, 0.3) is 0 Å². The fraction of sp³-hybridized carbons (Fsp3) is 0.0556. The Labute approximate surface area is 145 Å². The van der Waals surface area contributed by atoms with E-state index in [-0.39, 0.29) is 5.95 Å². The Morgan fingerprint density at radius 3 is 2.20 bits per heavy atom. The van der Waals surface area contributed by atoms with Crippen molar-refractivity contribution in [3.8, 4) is 0 Å². The van der Waals surface area contributed by atoms with Crippen molar-refractivity contribution in [2.75, 3.05) is 11.1 Å². The van der Waals surface area contributed by atoms with Crippen LogP contribution in [0.25, 0.3) is 5.57 Å². The topological polar surface area (TPSA) is 101 Å². The molecule has 0 spiro atoms. The molecule has 0 amide bonds. The van der Waals surface area contributed by atoms with Crippen molar-refractivity contribution in [1.29, 1.82) is 0 Å². The Balaban J connectivity index is 1.73. The highest BCUT2D eigenvalue weighted by Gasteiger charge is 2.05. The molecule has 0 saturated heterocycles. The van der Waals surface area contributed by atoms with Gasteiger partial charge in [0.15, 0.2) is 5.82 Å². The van der Waals surface area contributed by atoms with Crippen molar-refractivity contribution in [2.24, 2.45) is 10.2 Å². The average Bonchev–Trinajstić information content (AvgIpc) is 2.61. The van der Waals surface area contributed by atoms with Crippen molar-refractivity contribution in [3.63, 3.8) is 0 Å². The zero-order chi connectivity index (χ0) is 17.6. The molecule has 0 saturated carbocycles. The molecule has 3 aromatic rings. The van der Waals surface area contributed by atoms with Gasteiger partial charge in [-0.25, -0.2) is 0 Å². The highest BCUT2D eigenvalue weighted by Crippen LogP contribution is 2.21. The van der Waals surface area contributed by atoms with E-state index in [4.69, 9.17) is 5.73 Å². The molecule has 0 fully saturated rings. The van der Waals surface area contributed by atoms with Gasteiger partial charge in [-0.3, -0.25) is 0 Å². The van der Waals surface area contributed by atoms with Crippen LogP contribution >= 0.6 is 0 Å². The van der Waals surface area contributed by atoms with E-state index >= 15 is 0 Å². The SMILES string of the molecule is C=C(C)c1nc(N)nc(Nc2ccc(/N=N/c3ccccc3)cc2)n1. The van der Waals surface area contributed by atoms with E-state index in [1.54, 1.807) is 0 Å². The van der Waals surface area contributed by atoms with E-state index in [0.29, 0.717) is 17.3 Å². The molecular formula is C18H17N7. The lowest BCUT2D eigenvalue weighted by Crippen LogP contribution is -2.06. The molecule has 3 rings (SSSR count). The Morgan fingerprint density at radius 2 is 1.56 bits per heavy atom. The molecule has 0 aliphatic heterocycles. The molecule has 1 heterocycles. The van der Waals surface area contributed by atoms with E-state index in [9.17, 15) is 0 Å². The second-order valence-corrected chi connectivity index (χ2v) is 5.33. The first-order valence-corrected chi connectivity index (χ1v) is 7.61. The maximum Gasteiger partial charge on any atom is 0.232 e. The van der Waals surface area contributed by atoms with Crippen molar-refractivity contribution in [3.05, 3.63) is 67.0 Å². The minimum absolute atomic E-state index is 0.142. The second-order valence-electron chi connectivity index (χ2n) is 5.33. The lowest BCUT2D eigenvalue weighted by Gasteiger charge is -2.07. The van der Waals surface area contributed by atoms with Gasteiger partial charge in [0.1, 0.15) is 0 Å². The van der Waals surface area contributed by atoms with Gasteiger partial charge in [0, 0.05) is 5.69 Å². The summed E-state index contributed by atoms with van der Waals surface area (Å²) in [6, 6.07) is 17.0. The number of azo groups is 1. The number of nitrogens with two attached hydrogens (primary N) is 1. The number of benzene rings is 2. The standard InChI is InChI=1S/C18H17N7/c1-12(2)16-21-17(19)23-18(22-16)20-13-8-10-15(11-9-13)25-24-14-6-4-3-5-7-14/h3-11H,1H2,2H3,(H3,19,20,21,22,23)/b25-24+. The van der Waals surface area contributed by atoms with Gasteiger partial charge in [-0.05, 0) is 48.9 Å². The average molecular weight is 331 g/mol. The molecule has 0 bridgehead atoms. The molecule has 0 radical (unpaired) electrons. The van der Waals surface area contributed by atoms with Crippen LogP contribution in [0.1, 0.15) is 12.7 Å². The van der Waals surface area contributed by atoms with E-state index in [2.05, 4.69) is 37.1 Å². The van der Waals surface area contributed by atoms with Crippen LogP contribution in [0.4, 0.5) is 29.0 Å². The van der Waals surface area contributed by atoms with Crippen molar-refractivity contribution in [1.82, 2.24) is 15.0 Å². The molecule has 7 heteroatoms. The van der Waals surface area contributed by atoms with Crippen LogP contribution in [0.3, 0.4) is 0 Å². The summed E-state index contributed by atoms with van der Waals surface area (Å²) >= 11 is 0. The molecule has 0 atom stereocenters. The van der Waals surface area contributed by atoms with E-state index in [1.165, 1.54) is 0 Å². The van der Waals surface area contributed by atoms with E-state index in [1.807, 2.05) is 61.5 Å². The number of nitrogens with zero attached hydrogens (tertiary/aromatic N) is 5. The zero-order valence-corrected chi connectivity index (χ0v) is 13.7. The van der Waals surface area contributed by atoms with Gasteiger partial charge in [-0.15, -0.1) is 0 Å². The summed E-state index contributed by atoms with van der Waals surface area (Å²) < 4.78 is 0. The Kier molecular flexibility index (Phi) is 4.75. The second kappa shape index (κ2) is 7.31. The first kappa shape index (κ1) is 16.3. The summed E-state index contributed by atoms with van der Waals surface area (Å²) in [5, 5.41) is 11.5. The Bertz CT molecular complexity index is 902. The zero-order valence-electron chi connectivity index (χ0n) is 13.7. The molecule has 2 aromatic carbocycles. The predicted molar refractivity (Wildman–Crippen MR) is 99.3 cm³/mol. The molecule has 0 unspecified atom stereocenters. The predicted octanol–water partition coefficient (Wildman–Crippen LogP) is 4.65. The fourth-order valence-corrected chi connectivity index (χ4v) is 1.99. The monoisotopic (exact) mass is 331 g/mol. The van der Waals surface area contributed by atoms with Crippen molar-refractivity contribution < 1.29 is 0 Å². The van der Waals surface area contributed by atoms with Gasteiger partial charge in [0.05, 0.1) is 11.4 Å². The highest BCUT2D eigenvalue weighted by molar-refractivity contribution is 5.60. The smallest absolute Gasteiger partial charge is 0.232 e. The number of hydrogen-bond donors (Lipinski definition) is 2. The minimum Gasteiger partial charge on any atom is -0.368 e. The Morgan fingerprint density at radius 1 is 0.920 bits per heavy atom. The summed E-state index contributed by atoms with van der Waals surface area (Å²) in [5.41, 5.74) is 8.76. The van der Waals surface area contributed by atoms with Gasteiger partial charge < -0.3 is 11.1 Å². The molecule has 25 heavy (non-hydrogen) atoms. The van der Waals surface area contributed by atoms with Gasteiger partial charge >= 0.3 is 0 Å². The maximum atomic E-state index is 5.70. The highest BCUT2D eigenvalue weighted by atomic mass is 15.2. The number of anilines is 3. The maximum absolute atomic E-state index is 5.70. The molecule has 1 aromatic heterocycles. The van der Waals surface area contributed by atoms with Crippen LogP contribution in [0.5, 0.6) is 0 Å². The number of hydrogen-bond acceptors (Lipinski definition) is 7. The molecule has 3 N–H and O–H groups in total. The third kappa shape index (κ3) is 4.44. The molecule has 0 aliphatic rings. The number of nitrogens with one attached hydrogen (secondary N) is 1. The summed E-state index contributed by atoms with van der Waals surface area (Å²) in [6.07, 6.45) is 0. The quantitative estimate of drug-likeness (QED) is 0.663. The summed E-state index contributed by atoms with van der Waals surface area (Å²) in [4.78, 5) is 12.4. The van der Waals surface area contributed by atoms with Crippen LogP contribution in [0, 0.1) is 0 Å². The first-order chi connectivity index (χ1) is 12.1. The van der Waals surface area contributed by atoms with Crippen LogP contribution in [-0.2, 0) is 0 Å². The molecule has 124 valence electrons. The molecule has 0 aliphatic carbocycles. The Hall–Kier alpha value is -3.61. The fourth-order valence-electron chi connectivity index (χ4n) is 1.99. The molecule has 7 nitrogen and oxygen atoms in total. The largest absolute Gasteiger partial charge is 0.368 e. The normalized spacial score (nSPS) is 10.8. The summed E-state index contributed by atoms with van der Waals surface area (Å²) in [7, 11) is 0. The number of nitrogen functional groups attached to an aromatic ring is 1. The summed E-state index contributed by atoms with van der Waals surface area (Å²) in [5.74, 6) is 0.969. The molecular weight excluding hydrogens is 314 g/mol. The minimum atomic E-state index is 0.142. The summed E-state index contributed by atoms with van der Waals surface area (Å²) in [6.45, 7) is 5.62. The number of rotatable bonds is 5. The van der Waals surface area contributed by atoms with E-state index < -0.39 is 0 Å². The van der Waals surface area contributed by atoms with Crippen molar-refractivity contribution in [2.45, 2.75) is 6.92 Å². The third-order valence-corrected chi connectivity index (χ3v) is 3.20. The van der Waals surface area contributed by atoms with Crippen molar-refractivity contribution >= 4 is 34.5 Å².